The van der Waals surface area contributed by atoms with Crippen molar-refractivity contribution in [2.75, 3.05) is 37.6 Å². The van der Waals surface area contributed by atoms with Crippen LogP contribution in [0.15, 0.2) is 43.0 Å². The van der Waals surface area contributed by atoms with Crippen molar-refractivity contribution in [3.05, 3.63) is 71.3 Å². The van der Waals surface area contributed by atoms with E-state index < -0.39 is 39.3 Å². The molecule has 1 aliphatic heterocycles. The Morgan fingerprint density at radius 1 is 1.26 bits per heavy atom. The van der Waals surface area contributed by atoms with Gasteiger partial charge in [-0.3, -0.25) is 9.35 Å². The molecule has 1 aliphatic rings. The quantitative estimate of drug-likeness (QED) is 0.281. The van der Waals surface area contributed by atoms with Gasteiger partial charge in [0.05, 0.1) is 17.9 Å². The molecular weight excluding hydrogens is 468 g/mol. The van der Waals surface area contributed by atoms with Gasteiger partial charge < -0.3 is 15.4 Å². The number of primary amides is 1. The smallest absolute Gasteiger partial charge is 0.360 e. The zero-order valence-corrected chi connectivity index (χ0v) is 19.5. The molecule has 0 fully saturated rings. The van der Waals surface area contributed by atoms with Gasteiger partial charge in [0.2, 0.25) is 0 Å². The molecule has 0 saturated heterocycles. The molecule has 2 aromatic carbocycles. The fourth-order valence-electron chi connectivity index (χ4n) is 3.98. The summed E-state index contributed by atoms with van der Waals surface area (Å²) in [7, 11) is -2.67. The van der Waals surface area contributed by atoms with Crippen LogP contribution in [0.2, 0.25) is 0 Å². The van der Waals surface area contributed by atoms with E-state index in [9.17, 15) is 26.5 Å². The van der Waals surface area contributed by atoms with Crippen molar-refractivity contribution in [1.82, 2.24) is 4.90 Å². The number of hydrogen-bond donors (Lipinski definition) is 2. The van der Waals surface area contributed by atoms with E-state index in [1.54, 1.807) is 12.1 Å². The van der Waals surface area contributed by atoms with Crippen molar-refractivity contribution < 1.29 is 31.3 Å². The molecule has 1 atom stereocenters. The first-order valence-electron chi connectivity index (χ1n) is 10.6. The summed E-state index contributed by atoms with van der Waals surface area (Å²) in [6.07, 6.45) is 3.49. The van der Waals surface area contributed by atoms with E-state index in [2.05, 4.69) is 11.5 Å². The Hall–Kier alpha value is -3.02. The van der Waals surface area contributed by atoms with E-state index in [-0.39, 0.29) is 17.8 Å². The molecule has 2 aromatic rings. The molecule has 0 saturated carbocycles. The molecule has 3 rings (SSSR count). The normalized spacial score (nSPS) is 15.4. The summed E-state index contributed by atoms with van der Waals surface area (Å²) in [5.41, 5.74) is 4.76. The Labute approximate surface area is 197 Å². The van der Waals surface area contributed by atoms with Crippen LogP contribution in [0.25, 0.3) is 0 Å². The van der Waals surface area contributed by atoms with Gasteiger partial charge in [-0.1, -0.05) is 6.08 Å². The van der Waals surface area contributed by atoms with Gasteiger partial charge in [-0.15, -0.1) is 6.58 Å². The number of nitrogens with zero attached hydrogens (tertiary/aromatic N) is 2. The number of unbranched alkanes of at least 4 members (excludes halogenated alkanes) is 1. The molecule has 0 radical (unpaired) electrons. The summed E-state index contributed by atoms with van der Waals surface area (Å²) in [4.78, 5) is 13.4. The Balaban J connectivity index is 1.85. The molecule has 0 spiro atoms. The van der Waals surface area contributed by atoms with Crippen molar-refractivity contribution >= 4 is 21.9 Å². The first-order valence-corrected chi connectivity index (χ1v) is 12.0. The number of fused-ring (bicyclic) bond motifs is 1. The highest BCUT2D eigenvalue weighted by atomic mass is 32.2. The second-order valence-electron chi connectivity index (χ2n) is 8.11. The number of rotatable bonds is 11. The highest BCUT2D eigenvalue weighted by Gasteiger charge is 2.37. The van der Waals surface area contributed by atoms with Crippen LogP contribution in [-0.4, -0.2) is 57.1 Å². The molecule has 34 heavy (non-hydrogen) atoms. The Kier molecular flexibility index (Phi) is 7.90. The van der Waals surface area contributed by atoms with Crippen LogP contribution < -0.4 is 14.8 Å². The first kappa shape index (κ1) is 25.6. The van der Waals surface area contributed by atoms with E-state index in [1.807, 2.05) is 13.1 Å². The molecule has 8 nitrogen and oxygen atoms in total. The molecule has 184 valence electrons. The molecule has 0 aliphatic carbocycles. The van der Waals surface area contributed by atoms with E-state index in [0.29, 0.717) is 28.3 Å². The van der Waals surface area contributed by atoms with E-state index in [4.69, 9.17) is 10.5 Å². The van der Waals surface area contributed by atoms with Gasteiger partial charge in [-0.25, -0.2) is 13.1 Å². The highest BCUT2D eigenvalue weighted by Crippen LogP contribution is 2.44. The lowest BCUT2D eigenvalue weighted by Crippen LogP contribution is -2.29. The van der Waals surface area contributed by atoms with Crippen LogP contribution in [0.1, 0.15) is 40.2 Å². The van der Waals surface area contributed by atoms with Crippen molar-refractivity contribution in [2.24, 2.45) is 5.73 Å². The second kappa shape index (κ2) is 10.5. The summed E-state index contributed by atoms with van der Waals surface area (Å²) in [5, 5.41) is 0. The van der Waals surface area contributed by atoms with Gasteiger partial charge >= 0.3 is 10.3 Å². The summed E-state index contributed by atoms with van der Waals surface area (Å²) < 4.78 is 69.2. The maximum atomic E-state index is 14.8. The minimum Gasteiger partial charge on any atom is -0.494 e. The topological polar surface area (TPSA) is 113 Å². The minimum absolute atomic E-state index is 0.129. The molecule has 1 amide bonds. The molecule has 1 unspecified atom stereocenters. The predicted octanol–water partition coefficient (Wildman–Crippen LogP) is 3.10. The number of carbonyl (C=O) groups is 1. The lowest BCUT2D eigenvalue weighted by molar-refractivity contribution is 0.0996. The largest absolute Gasteiger partial charge is 0.494 e. The van der Waals surface area contributed by atoms with Crippen LogP contribution in [0.4, 0.5) is 14.5 Å². The number of carbonyl (C=O) groups excluding carboxylic acids is 1. The average molecular weight is 496 g/mol. The van der Waals surface area contributed by atoms with Crippen molar-refractivity contribution in [1.29, 1.82) is 0 Å². The third kappa shape index (κ3) is 5.72. The zero-order valence-electron chi connectivity index (χ0n) is 18.7. The fraction of sp³-hybridized carbons (Fsp3) is 0.348. The first-order chi connectivity index (χ1) is 16.0. The Morgan fingerprint density at radius 2 is 2.00 bits per heavy atom. The van der Waals surface area contributed by atoms with Crippen LogP contribution in [0.5, 0.6) is 5.75 Å². The zero-order chi connectivity index (χ0) is 25.0. The molecule has 1 heterocycles. The maximum Gasteiger partial charge on any atom is 0.360 e. The highest BCUT2D eigenvalue weighted by molar-refractivity contribution is 7.87. The van der Waals surface area contributed by atoms with E-state index in [1.165, 1.54) is 6.07 Å². The molecule has 0 bridgehead atoms. The summed E-state index contributed by atoms with van der Waals surface area (Å²) >= 11 is 0. The summed E-state index contributed by atoms with van der Waals surface area (Å²) in [6.45, 7) is 5.41. The number of hydrogen-bond acceptors (Lipinski definition) is 5. The number of nitrogens with two attached hydrogens (primary N) is 1. The lowest BCUT2D eigenvalue weighted by Gasteiger charge is -2.16. The Bertz CT molecular complexity index is 1190. The number of amides is 1. The second-order valence-corrected chi connectivity index (χ2v) is 9.44. The third-order valence-corrected chi connectivity index (χ3v) is 6.54. The fourth-order valence-corrected chi connectivity index (χ4v) is 4.73. The van der Waals surface area contributed by atoms with Crippen LogP contribution in [-0.2, 0) is 10.3 Å². The SMILES string of the molecule is C=CCN(C)CCCCOc1ccc2c(c1)C(c1cc(F)c(C(N)=O)cc1F)CN2S(=O)(=O)O. The number of halogens is 2. The van der Waals surface area contributed by atoms with Crippen LogP contribution in [0.3, 0.4) is 0 Å². The van der Waals surface area contributed by atoms with Gasteiger partial charge in [-0.05, 0) is 62.3 Å². The predicted molar refractivity (Wildman–Crippen MR) is 124 cm³/mol. The number of likely N-dealkylation sites (N-methyl/N-ethyl adjacent to an activating group) is 1. The van der Waals surface area contributed by atoms with Gasteiger partial charge in [0.25, 0.3) is 5.91 Å². The molecule has 0 aromatic heterocycles. The van der Waals surface area contributed by atoms with Gasteiger partial charge in [-0.2, -0.15) is 8.42 Å². The van der Waals surface area contributed by atoms with Gasteiger partial charge in [0.1, 0.15) is 17.4 Å². The van der Waals surface area contributed by atoms with Crippen LogP contribution in [0, 0.1) is 11.6 Å². The summed E-state index contributed by atoms with van der Waals surface area (Å²) in [6, 6.07) is 6.06. The van der Waals surface area contributed by atoms with Crippen molar-refractivity contribution in [3.63, 3.8) is 0 Å². The van der Waals surface area contributed by atoms with Gasteiger partial charge in [0.15, 0.2) is 0 Å². The third-order valence-electron chi connectivity index (χ3n) is 5.64. The monoisotopic (exact) mass is 495 g/mol. The van der Waals surface area contributed by atoms with Crippen molar-refractivity contribution in [3.8, 4) is 5.75 Å². The maximum absolute atomic E-state index is 14.8. The number of ether oxygens (including phenoxy) is 1. The molecular formula is C23H27F2N3O5S. The van der Waals surface area contributed by atoms with Crippen LogP contribution >= 0.6 is 0 Å². The number of anilines is 1. The number of benzene rings is 2. The molecule has 3 N–H and O–H groups in total. The van der Waals surface area contributed by atoms with E-state index in [0.717, 1.165) is 32.0 Å². The molecule has 11 heteroatoms. The summed E-state index contributed by atoms with van der Waals surface area (Å²) in [5.74, 6) is -3.58. The average Bonchev–Trinajstić information content (AvgIpc) is 3.14. The van der Waals surface area contributed by atoms with Gasteiger partial charge in [0, 0.05) is 24.6 Å². The Morgan fingerprint density at radius 3 is 2.65 bits per heavy atom. The van der Waals surface area contributed by atoms with Crippen molar-refractivity contribution in [2.45, 2.75) is 18.8 Å². The standard InChI is InChI=1S/C23H27F2N3O5S/c1-3-8-27(2)9-4-5-10-33-15-6-7-22-17(11-15)19(14-28(22)34(30,31)32)16-12-21(25)18(23(26)29)13-20(16)24/h3,6-7,11-13,19H,1,4-5,8-10,14H2,2H3,(H2,26,29)(H,30,31,32). The van der Waals surface area contributed by atoms with E-state index >= 15 is 0 Å². The minimum atomic E-state index is -4.66. The lowest BCUT2D eigenvalue weighted by atomic mass is 9.91.